The molecule has 0 spiro atoms. The summed E-state index contributed by atoms with van der Waals surface area (Å²) in [7, 11) is 1.38. The molecule has 0 bridgehead atoms. The van der Waals surface area contributed by atoms with Gasteiger partial charge in [-0.2, -0.15) is 0 Å². The van der Waals surface area contributed by atoms with Crippen molar-refractivity contribution in [3.63, 3.8) is 0 Å². The highest BCUT2D eigenvalue weighted by Crippen LogP contribution is 2.39. The Morgan fingerprint density at radius 1 is 1.00 bits per heavy atom. The first kappa shape index (κ1) is 14.3. The van der Waals surface area contributed by atoms with Crippen molar-refractivity contribution in [3.8, 4) is 22.8 Å². The molecule has 0 saturated carbocycles. The second-order valence-corrected chi connectivity index (χ2v) is 5.33. The van der Waals surface area contributed by atoms with Crippen LogP contribution in [-0.2, 0) is 0 Å². The monoisotopic (exact) mass is 322 g/mol. The third-order valence-corrected chi connectivity index (χ3v) is 3.96. The molecule has 0 aliphatic heterocycles. The lowest BCUT2D eigenvalue weighted by Gasteiger charge is -2.16. The van der Waals surface area contributed by atoms with E-state index in [0.717, 1.165) is 6.07 Å². The highest BCUT2D eigenvalue weighted by Gasteiger charge is 2.38. The van der Waals surface area contributed by atoms with E-state index in [1.807, 2.05) is 30.3 Å². The summed E-state index contributed by atoms with van der Waals surface area (Å²) in [5.41, 5.74) is 1.72. The van der Waals surface area contributed by atoms with E-state index < -0.39 is 17.4 Å². The first-order valence-corrected chi connectivity index (χ1v) is 7.23. The van der Waals surface area contributed by atoms with Crippen LogP contribution < -0.4 is 4.74 Å². The average molecular weight is 322 g/mol. The van der Waals surface area contributed by atoms with Crippen molar-refractivity contribution >= 4 is 11.6 Å². The summed E-state index contributed by atoms with van der Waals surface area (Å²) >= 11 is 0. The first-order valence-electron chi connectivity index (χ1n) is 7.23. The second-order valence-electron chi connectivity index (χ2n) is 5.33. The molecular formula is C18H11FN2O3. The molecule has 1 aromatic heterocycles. The standard InChI is InChI=1S/C18H11FN2O3/c1-24-18-14-15(21(20-18)11-5-3-2-4-6-11)12-8-7-10(19)9-13(12)16(22)17(14)23/h2-9H,1H3. The van der Waals surface area contributed by atoms with Gasteiger partial charge in [-0.3, -0.25) is 9.59 Å². The van der Waals surface area contributed by atoms with Crippen molar-refractivity contribution in [1.82, 2.24) is 9.78 Å². The predicted molar refractivity (Wildman–Crippen MR) is 84.2 cm³/mol. The number of carbonyl (C=O) groups excluding carboxylic acids is 2. The summed E-state index contributed by atoms with van der Waals surface area (Å²) in [4.78, 5) is 24.8. The molecule has 0 saturated heterocycles. The predicted octanol–water partition coefficient (Wildman–Crippen LogP) is 3.07. The van der Waals surface area contributed by atoms with Gasteiger partial charge in [-0.05, 0) is 30.3 Å². The van der Waals surface area contributed by atoms with E-state index in [-0.39, 0.29) is 17.0 Å². The molecule has 0 atom stereocenters. The van der Waals surface area contributed by atoms with Crippen LogP contribution in [0.4, 0.5) is 4.39 Å². The van der Waals surface area contributed by atoms with Crippen molar-refractivity contribution in [2.24, 2.45) is 0 Å². The smallest absolute Gasteiger partial charge is 0.245 e. The molecule has 0 unspecified atom stereocenters. The maximum absolute atomic E-state index is 13.6. The van der Waals surface area contributed by atoms with Crippen LogP contribution in [0, 0.1) is 5.82 Å². The molecule has 24 heavy (non-hydrogen) atoms. The van der Waals surface area contributed by atoms with Gasteiger partial charge in [0.05, 0.1) is 18.5 Å². The Kier molecular flexibility index (Phi) is 3.06. The van der Waals surface area contributed by atoms with Gasteiger partial charge in [0, 0.05) is 11.1 Å². The van der Waals surface area contributed by atoms with E-state index in [2.05, 4.69) is 5.10 Å². The quantitative estimate of drug-likeness (QED) is 0.680. The topological polar surface area (TPSA) is 61.2 Å². The van der Waals surface area contributed by atoms with E-state index in [1.165, 1.54) is 23.9 Å². The van der Waals surface area contributed by atoms with Crippen LogP contribution in [0.25, 0.3) is 16.9 Å². The average Bonchev–Trinajstić information content (AvgIpc) is 3.00. The lowest BCUT2D eigenvalue weighted by molar-refractivity contribution is 0.0813. The first-order chi connectivity index (χ1) is 11.6. The van der Waals surface area contributed by atoms with Gasteiger partial charge in [0.2, 0.25) is 17.4 Å². The molecular weight excluding hydrogens is 311 g/mol. The van der Waals surface area contributed by atoms with Crippen molar-refractivity contribution in [2.75, 3.05) is 7.11 Å². The van der Waals surface area contributed by atoms with E-state index in [4.69, 9.17) is 4.74 Å². The number of aromatic nitrogens is 2. The molecule has 5 nitrogen and oxygen atoms in total. The number of ether oxygens (including phenoxy) is 1. The molecule has 1 aliphatic rings. The normalized spacial score (nSPS) is 12.8. The third-order valence-electron chi connectivity index (χ3n) is 3.96. The van der Waals surface area contributed by atoms with Gasteiger partial charge in [-0.1, -0.05) is 18.2 Å². The van der Waals surface area contributed by atoms with E-state index >= 15 is 0 Å². The minimum absolute atomic E-state index is 0.0345. The van der Waals surface area contributed by atoms with Gasteiger partial charge in [0.1, 0.15) is 11.4 Å². The molecule has 0 fully saturated rings. The van der Waals surface area contributed by atoms with Crippen molar-refractivity contribution in [3.05, 3.63) is 65.5 Å². The zero-order valence-electron chi connectivity index (χ0n) is 12.6. The van der Waals surface area contributed by atoms with E-state index in [0.29, 0.717) is 16.9 Å². The number of hydrogen-bond donors (Lipinski definition) is 0. The van der Waals surface area contributed by atoms with Crippen molar-refractivity contribution in [1.29, 1.82) is 0 Å². The molecule has 2 aromatic carbocycles. The lowest BCUT2D eigenvalue weighted by atomic mass is 9.88. The molecule has 0 radical (unpaired) electrons. The maximum atomic E-state index is 13.6. The van der Waals surface area contributed by atoms with E-state index in [9.17, 15) is 14.0 Å². The summed E-state index contributed by atoms with van der Waals surface area (Å²) in [6.07, 6.45) is 0. The molecule has 3 aromatic rings. The van der Waals surface area contributed by atoms with Gasteiger partial charge >= 0.3 is 0 Å². The Balaban J connectivity index is 2.10. The minimum Gasteiger partial charge on any atom is -0.479 e. The molecule has 6 heteroatoms. The Bertz CT molecular complexity index is 993. The van der Waals surface area contributed by atoms with Gasteiger partial charge in [-0.25, -0.2) is 9.07 Å². The summed E-state index contributed by atoms with van der Waals surface area (Å²) in [5, 5.41) is 4.31. The highest BCUT2D eigenvalue weighted by atomic mass is 19.1. The number of hydrogen-bond acceptors (Lipinski definition) is 4. The van der Waals surface area contributed by atoms with Crippen LogP contribution in [0.15, 0.2) is 48.5 Å². The number of halogens is 1. The minimum atomic E-state index is -0.761. The van der Waals surface area contributed by atoms with Crippen LogP contribution in [0.5, 0.6) is 5.88 Å². The molecule has 1 aliphatic carbocycles. The number of methoxy groups -OCH3 is 1. The number of benzene rings is 2. The van der Waals surface area contributed by atoms with Crippen LogP contribution in [-0.4, -0.2) is 28.5 Å². The lowest BCUT2D eigenvalue weighted by Crippen LogP contribution is -2.22. The fourth-order valence-corrected chi connectivity index (χ4v) is 2.90. The number of Topliss-reactive ketones (excluding diaryl/α,β-unsaturated/α-hetero) is 2. The SMILES string of the molecule is COc1nn(-c2ccccc2)c2c1C(=O)C(=O)c1cc(F)ccc1-2. The van der Waals surface area contributed by atoms with Gasteiger partial charge in [0.25, 0.3) is 0 Å². The number of rotatable bonds is 2. The van der Waals surface area contributed by atoms with Crippen LogP contribution in [0.1, 0.15) is 20.7 Å². The van der Waals surface area contributed by atoms with Gasteiger partial charge in [-0.15, -0.1) is 5.10 Å². The zero-order valence-corrected chi connectivity index (χ0v) is 12.6. The number of fused-ring (bicyclic) bond motifs is 3. The molecule has 118 valence electrons. The molecule has 4 rings (SSSR count). The van der Waals surface area contributed by atoms with E-state index in [1.54, 1.807) is 0 Å². The Hall–Kier alpha value is -3.28. The summed E-state index contributed by atoms with van der Waals surface area (Å²) in [5.74, 6) is -2.01. The number of ketones is 2. The van der Waals surface area contributed by atoms with Crippen molar-refractivity contribution < 1.29 is 18.7 Å². The summed E-state index contributed by atoms with van der Waals surface area (Å²) in [6.45, 7) is 0. The maximum Gasteiger partial charge on any atom is 0.245 e. The van der Waals surface area contributed by atoms with Crippen LogP contribution in [0.3, 0.4) is 0 Å². The molecule has 1 heterocycles. The Morgan fingerprint density at radius 3 is 2.46 bits per heavy atom. The Labute approximate surface area is 136 Å². The second kappa shape index (κ2) is 5.13. The summed E-state index contributed by atoms with van der Waals surface area (Å²) < 4.78 is 20.3. The number of carbonyl (C=O) groups is 2. The number of nitrogens with zero attached hydrogens (tertiary/aromatic N) is 2. The van der Waals surface area contributed by atoms with Gasteiger partial charge < -0.3 is 4.74 Å². The van der Waals surface area contributed by atoms with Crippen LogP contribution >= 0.6 is 0 Å². The van der Waals surface area contributed by atoms with Crippen molar-refractivity contribution in [2.45, 2.75) is 0 Å². The fraction of sp³-hybridized carbons (Fsp3) is 0.0556. The number of para-hydroxylation sites is 1. The third kappa shape index (κ3) is 1.89. The molecule has 0 amide bonds. The largest absolute Gasteiger partial charge is 0.479 e. The van der Waals surface area contributed by atoms with Crippen LogP contribution in [0.2, 0.25) is 0 Å². The highest BCUT2D eigenvalue weighted by molar-refractivity contribution is 6.53. The van der Waals surface area contributed by atoms with Gasteiger partial charge in [0.15, 0.2) is 0 Å². The summed E-state index contributed by atoms with van der Waals surface area (Å²) in [6, 6.07) is 13.0. The Morgan fingerprint density at radius 2 is 1.75 bits per heavy atom. The molecule has 0 N–H and O–H groups in total. The zero-order chi connectivity index (χ0) is 16.8. The fourth-order valence-electron chi connectivity index (χ4n) is 2.90.